The highest BCUT2D eigenvalue weighted by Gasteiger charge is 2.34. The van der Waals surface area contributed by atoms with Crippen molar-refractivity contribution in [1.82, 2.24) is 14.8 Å². The molecule has 1 aromatic carbocycles. The molecule has 1 N–H and O–H groups in total. The van der Waals surface area contributed by atoms with E-state index in [-0.39, 0.29) is 29.7 Å². The number of benzene rings is 1. The van der Waals surface area contributed by atoms with E-state index in [9.17, 15) is 14.0 Å². The molecular weight excluding hydrogens is 459 g/mol. The van der Waals surface area contributed by atoms with Gasteiger partial charge in [-0.05, 0) is 62.1 Å². The first-order chi connectivity index (χ1) is 16.4. The van der Waals surface area contributed by atoms with Gasteiger partial charge in [0, 0.05) is 55.7 Å². The predicted molar refractivity (Wildman–Crippen MR) is 129 cm³/mol. The molecule has 2 aliphatic rings. The number of ether oxygens (including phenoxy) is 1. The number of hydrogen-bond donors (Lipinski definition) is 1. The van der Waals surface area contributed by atoms with Crippen molar-refractivity contribution in [3.8, 4) is 0 Å². The number of pyridine rings is 1. The molecule has 0 aliphatic carbocycles. The summed E-state index contributed by atoms with van der Waals surface area (Å²) in [7, 11) is 0. The summed E-state index contributed by atoms with van der Waals surface area (Å²) in [6.45, 7) is 6.83. The van der Waals surface area contributed by atoms with Gasteiger partial charge in [0.25, 0.3) is 11.8 Å². The number of hydrogen-bond acceptors (Lipinski definition) is 5. The van der Waals surface area contributed by atoms with Crippen LogP contribution in [0, 0.1) is 6.92 Å². The second-order valence-corrected chi connectivity index (χ2v) is 9.42. The summed E-state index contributed by atoms with van der Waals surface area (Å²) in [5, 5.41) is 3.43. The summed E-state index contributed by atoms with van der Waals surface area (Å²) < 4.78 is 18.3. The van der Waals surface area contributed by atoms with Gasteiger partial charge >= 0.3 is 0 Å². The van der Waals surface area contributed by atoms with Crippen LogP contribution in [0.4, 0.5) is 10.1 Å². The van der Waals surface area contributed by atoms with Crippen molar-refractivity contribution in [2.45, 2.75) is 52.1 Å². The van der Waals surface area contributed by atoms with Crippen LogP contribution in [0.15, 0.2) is 30.5 Å². The molecule has 182 valence electrons. The van der Waals surface area contributed by atoms with Crippen LogP contribution >= 0.6 is 11.6 Å². The first kappa shape index (κ1) is 24.6. The maximum Gasteiger partial charge on any atom is 0.257 e. The van der Waals surface area contributed by atoms with Crippen molar-refractivity contribution in [2.75, 3.05) is 31.6 Å². The highest BCUT2D eigenvalue weighted by Crippen LogP contribution is 2.27. The van der Waals surface area contributed by atoms with Crippen LogP contribution in [-0.2, 0) is 22.8 Å². The molecule has 0 saturated carbocycles. The standard InChI is InChI=1S/C25H30ClFN4O3/c1-16-14-30(7-8-31(16)25(33)23-4-3-9-34-23)15-19-10-20(26)11-22(17(19)2)29-24(32)18-5-6-21(12-27)28-13-18/h5-6,10-11,13,16,23H,3-4,7-9,12,14-15H2,1-2H3,(H,29,32). The first-order valence-electron chi connectivity index (χ1n) is 11.6. The van der Waals surface area contributed by atoms with E-state index in [1.54, 1.807) is 12.1 Å². The predicted octanol–water partition coefficient (Wildman–Crippen LogP) is 3.98. The minimum atomic E-state index is -0.673. The smallest absolute Gasteiger partial charge is 0.257 e. The van der Waals surface area contributed by atoms with E-state index in [1.807, 2.05) is 17.9 Å². The Morgan fingerprint density at radius 2 is 2.12 bits per heavy atom. The third-order valence-electron chi connectivity index (χ3n) is 6.55. The number of nitrogens with one attached hydrogen (secondary N) is 1. The number of carbonyl (C=O) groups is 2. The van der Waals surface area contributed by atoms with Crippen LogP contribution in [-0.4, -0.2) is 65.0 Å². The monoisotopic (exact) mass is 488 g/mol. The number of amides is 2. The summed E-state index contributed by atoms with van der Waals surface area (Å²) in [6.07, 6.45) is 2.82. The van der Waals surface area contributed by atoms with Crippen molar-refractivity contribution in [2.24, 2.45) is 0 Å². The zero-order chi connectivity index (χ0) is 24.2. The molecule has 4 rings (SSSR count). The summed E-state index contributed by atoms with van der Waals surface area (Å²) >= 11 is 6.38. The Balaban J connectivity index is 1.41. The molecule has 2 saturated heterocycles. The molecule has 9 heteroatoms. The maximum atomic E-state index is 12.8. The number of piperazine rings is 1. The second-order valence-electron chi connectivity index (χ2n) is 8.98. The summed E-state index contributed by atoms with van der Waals surface area (Å²) in [5.41, 5.74) is 3.20. The van der Waals surface area contributed by atoms with Crippen LogP contribution in [0.3, 0.4) is 0 Å². The van der Waals surface area contributed by atoms with Crippen molar-refractivity contribution in [3.63, 3.8) is 0 Å². The molecule has 2 aliphatic heterocycles. The Kier molecular flexibility index (Phi) is 7.80. The number of halogens is 2. The zero-order valence-corrected chi connectivity index (χ0v) is 20.3. The number of rotatable bonds is 6. The second kappa shape index (κ2) is 10.8. The third-order valence-corrected chi connectivity index (χ3v) is 6.76. The van der Waals surface area contributed by atoms with Gasteiger partial charge in [0.2, 0.25) is 0 Å². The molecule has 0 spiro atoms. The van der Waals surface area contributed by atoms with Crippen molar-refractivity contribution in [1.29, 1.82) is 0 Å². The SMILES string of the molecule is Cc1c(CN2CCN(C(=O)C3CCCO3)C(C)C2)cc(Cl)cc1NC(=O)c1ccc(CF)nc1. The van der Waals surface area contributed by atoms with Gasteiger partial charge in [-0.15, -0.1) is 0 Å². The molecule has 2 fully saturated rings. The number of nitrogens with zero attached hydrogens (tertiary/aromatic N) is 3. The van der Waals surface area contributed by atoms with Gasteiger partial charge in [-0.25, -0.2) is 4.39 Å². The highest BCUT2D eigenvalue weighted by atomic mass is 35.5. The summed E-state index contributed by atoms with van der Waals surface area (Å²) in [6, 6.07) is 6.78. The Morgan fingerprint density at radius 1 is 1.29 bits per heavy atom. The maximum absolute atomic E-state index is 12.8. The van der Waals surface area contributed by atoms with Gasteiger partial charge < -0.3 is 15.0 Å². The Bertz CT molecular complexity index is 1040. The van der Waals surface area contributed by atoms with E-state index in [4.69, 9.17) is 16.3 Å². The van der Waals surface area contributed by atoms with Crippen molar-refractivity contribution >= 4 is 29.1 Å². The van der Waals surface area contributed by atoms with Gasteiger partial charge in [-0.1, -0.05) is 11.6 Å². The van der Waals surface area contributed by atoms with Gasteiger partial charge in [0.1, 0.15) is 12.8 Å². The van der Waals surface area contributed by atoms with Gasteiger partial charge in [-0.3, -0.25) is 19.5 Å². The number of aromatic nitrogens is 1. The number of alkyl halides is 1. The van der Waals surface area contributed by atoms with E-state index >= 15 is 0 Å². The van der Waals surface area contributed by atoms with E-state index < -0.39 is 6.67 Å². The lowest BCUT2D eigenvalue weighted by atomic mass is 10.0. The Labute approximate surface area is 204 Å². The number of anilines is 1. The average molecular weight is 489 g/mol. The molecular formula is C25H30ClFN4O3. The molecule has 34 heavy (non-hydrogen) atoms. The quantitative estimate of drug-likeness (QED) is 0.665. The van der Waals surface area contributed by atoms with Crippen LogP contribution < -0.4 is 5.32 Å². The van der Waals surface area contributed by atoms with E-state index in [2.05, 4.69) is 22.1 Å². The highest BCUT2D eigenvalue weighted by molar-refractivity contribution is 6.31. The van der Waals surface area contributed by atoms with Gasteiger partial charge in [-0.2, -0.15) is 0 Å². The zero-order valence-electron chi connectivity index (χ0n) is 19.5. The molecule has 2 atom stereocenters. The summed E-state index contributed by atoms with van der Waals surface area (Å²) in [5.74, 6) is -0.230. The lowest BCUT2D eigenvalue weighted by Gasteiger charge is -2.41. The molecule has 1 aromatic heterocycles. The molecule has 3 heterocycles. The van der Waals surface area contributed by atoms with E-state index in [0.29, 0.717) is 36.0 Å². The molecule has 2 unspecified atom stereocenters. The van der Waals surface area contributed by atoms with Crippen LogP contribution in [0.25, 0.3) is 0 Å². The topological polar surface area (TPSA) is 74.8 Å². The van der Waals surface area contributed by atoms with Gasteiger partial charge in [0.15, 0.2) is 0 Å². The Hall–Kier alpha value is -2.55. The van der Waals surface area contributed by atoms with Crippen LogP contribution in [0.5, 0.6) is 0 Å². The van der Waals surface area contributed by atoms with E-state index in [1.165, 1.54) is 12.3 Å². The number of carbonyl (C=O) groups excluding carboxylic acids is 2. The van der Waals surface area contributed by atoms with Crippen LogP contribution in [0.2, 0.25) is 5.02 Å². The molecule has 0 radical (unpaired) electrons. The van der Waals surface area contributed by atoms with Crippen molar-refractivity contribution in [3.05, 3.63) is 57.9 Å². The lowest BCUT2D eigenvalue weighted by Crippen LogP contribution is -2.55. The average Bonchev–Trinajstić information content (AvgIpc) is 3.37. The lowest BCUT2D eigenvalue weighted by molar-refractivity contribution is -0.145. The molecule has 0 bridgehead atoms. The van der Waals surface area contributed by atoms with Crippen molar-refractivity contribution < 1.29 is 18.7 Å². The van der Waals surface area contributed by atoms with Gasteiger partial charge in [0.05, 0.1) is 11.3 Å². The molecule has 7 nitrogen and oxygen atoms in total. The fourth-order valence-electron chi connectivity index (χ4n) is 4.56. The van der Waals surface area contributed by atoms with E-state index in [0.717, 1.165) is 37.1 Å². The Morgan fingerprint density at radius 3 is 2.76 bits per heavy atom. The fourth-order valence-corrected chi connectivity index (χ4v) is 4.81. The normalized spacial score (nSPS) is 21.0. The third kappa shape index (κ3) is 5.56. The largest absolute Gasteiger partial charge is 0.368 e. The first-order valence-corrected chi connectivity index (χ1v) is 12.0. The molecule has 2 amide bonds. The minimum Gasteiger partial charge on any atom is -0.368 e. The fraction of sp³-hybridized carbons (Fsp3) is 0.480. The molecule has 2 aromatic rings. The summed E-state index contributed by atoms with van der Waals surface area (Å²) in [4.78, 5) is 33.6. The minimum absolute atomic E-state index is 0.0869. The van der Waals surface area contributed by atoms with Crippen LogP contribution in [0.1, 0.15) is 46.9 Å².